The van der Waals surface area contributed by atoms with Gasteiger partial charge in [-0.2, -0.15) is 10.1 Å². The molecule has 0 unspecified atom stereocenters. The van der Waals surface area contributed by atoms with E-state index in [1.165, 1.54) is 0 Å². The predicted molar refractivity (Wildman–Crippen MR) is 238 cm³/mol. The summed E-state index contributed by atoms with van der Waals surface area (Å²) in [5.74, 6) is -5.74. The molecule has 0 amide bonds. The minimum Gasteiger partial charge on any atom is -0.459 e. The Hall–Kier alpha value is -3.17. The van der Waals surface area contributed by atoms with Crippen LogP contribution in [0.5, 0.6) is 0 Å². The van der Waals surface area contributed by atoms with Crippen molar-refractivity contribution >= 4 is 23.9 Å². The minimum atomic E-state index is -1.34. The first-order chi connectivity index (χ1) is 28.5. The highest BCUT2D eigenvalue weighted by Crippen LogP contribution is 2.47. The van der Waals surface area contributed by atoms with Gasteiger partial charge in [-0.15, -0.1) is 0 Å². The second-order valence-corrected chi connectivity index (χ2v) is 24.4. The topological polar surface area (TPSA) is 142 Å². The zero-order chi connectivity index (χ0) is 47.7. The Balaban J connectivity index is 1.67. The van der Waals surface area contributed by atoms with E-state index >= 15 is 4.39 Å². The van der Waals surface area contributed by atoms with Crippen molar-refractivity contribution in [2.45, 2.75) is 226 Å². The number of halogens is 1. The van der Waals surface area contributed by atoms with Crippen LogP contribution in [0.25, 0.3) is 0 Å². The van der Waals surface area contributed by atoms with E-state index in [1.54, 1.807) is 14.2 Å². The molecule has 1 aromatic carbocycles. The number of benzene rings is 1. The summed E-state index contributed by atoms with van der Waals surface area (Å²) >= 11 is 0. The van der Waals surface area contributed by atoms with E-state index in [2.05, 4.69) is 33.0 Å². The Kier molecular flexibility index (Phi) is 13.9. The first kappa shape index (κ1) is 50.8. The highest BCUT2D eigenvalue weighted by molar-refractivity contribution is 6.12. The van der Waals surface area contributed by atoms with Crippen LogP contribution in [0.1, 0.15) is 210 Å². The van der Waals surface area contributed by atoms with Crippen molar-refractivity contribution < 1.29 is 52.2 Å². The van der Waals surface area contributed by atoms with Gasteiger partial charge < -0.3 is 33.9 Å². The fourth-order valence-corrected chi connectivity index (χ4v) is 12.9. The van der Waals surface area contributed by atoms with Crippen LogP contribution < -0.4 is 5.32 Å². The third-order valence-corrected chi connectivity index (χ3v) is 13.4. The molecule has 0 bridgehead atoms. The number of nitrogens with zero attached hydrogens (tertiary/aromatic N) is 2. The summed E-state index contributed by atoms with van der Waals surface area (Å²) in [6.45, 7) is 32.0. The Labute approximate surface area is 376 Å². The molecule has 1 aromatic rings. The molecular weight excluding hydrogens is 810 g/mol. The van der Waals surface area contributed by atoms with Gasteiger partial charge in [0.2, 0.25) is 0 Å². The molecule has 63 heavy (non-hydrogen) atoms. The van der Waals surface area contributed by atoms with Gasteiger partial charge in [-0.1, -0.05) is 27.7 Å². The minimum absolute atomic E-state index is 0.186. The molecule has 4 aliphatic rings. The van der Waals surface area contributed by atoms with Gasteiger partial charge in [0.15, 0.2) is 5.82 Å². The van der Waals surface area contributed by atoms with Crippen LogP contribution in [-0.2, 0) is 28.6 Å². The van der Waals surface area contributed by atoms with Crippen molar-refractivity contribution in [1.29, 1.82) is 0 Å². The molecule has 1 N–H and O–H groups in total. The Morgan fingerprint density at radius 2 is 0.810 bits per heavy atom. The maximum atomic E-state index is 17.6. The maximum Gasteiger partial charge on any atom is 0.342 e. The van der Waals surface area contributed by atoms with E-state index in [4.69, 9.17) is 28.6 Å². The molecule has 3 heterocycles. The first-order valence-corrected chi connectivity index (χ1v) is 22.7. The summed E-state index contributed by atoms with van der Waals surface area (Å²) in [6, 6.07) is 0.991. The Bertz CT molecular complexity index is 1870. The number of nitrogens with one attached hydrogen (secondary N) is 1. The van der Waals surface area contributed by atoms with Gasteiger partial charge in [-0.3, -0.25) is 0 Å². The number of ether oxygens (including phenoxy) is 4. The molecule has 0 aromatic heterocycles. The van der Waals surface area contributed by atoms with E-state index in [-0.39, 0.29) is 10.8 Å². The number of hydroxylamine groups is 4. The molecule has 3 saturated heterocycles. The molecule has 4 fully saturated rings. The fourth-order valence-electron chi connectivity index (χ4n) is 12.9. The van der Waals surface area contributed by atoms with Gasteiger partial charge in [0.05, 0.1) is 30.9 Å². The highest BCUT2D eigenvalue weighted by Gasteiger charge is 2.50. The fraction of sp³-hybridized carbons (Fsp3) is 0.796. The number of carbonyl (C=O) groups is 4. The molecule has 5 rings (SSSR count). The molecule has 0 atom stereocenters. The van der Waals surface area contributed by atoms with Crippen molar-refractivity contribution in [1.82, 2.24) is 15.4 Å². The van der Waals surface area contributed by atoms with Gasteiger partial charge in [0.1, 0.15) is 30.0 Å². The third-order valence-electron chi connectivity index (χ3n) is 13.4. The van der Waals surface area contributed by atoms with E-state index in [9.17, 15) is 19.2 Å². The molecule has 13 nitrogen and oxygen atoms in total. The third kappa shape index (κ3) is 11.4. The van der Waals surface area contributed by atoms with Gasteiger partial charge in [0.25, 0.3) is 0 Å². The Morgan fingerprint density at radius 3 is 1.19 bits per heavy atom. The number of esters is 4. The summed E-state index contributed by atoms with van der Waals surface area (Å²) in [7, 11) is 3.18. The number of piperidine rings is 3. The van der Waals surface area contributed by atoms with Gasteiger partial charge in [-0.05, 0) is 119 Å². The number of carbonyl (C=O) groups excluding carboxylic acids is 4. The van der Waals surface area contributed by atoms with Gasteiger partial charge in [0, 0.05) is 71.8 Å². The molecule has 356 valence electrons. The summed E-state index contributed by atoms with van der Waals surface area (Å²) in [5, 5.41) is 7.26. The van der Waals surface area contributed by atoms with E-state index in [1.807, 2.05) is 93.2 Å². The van der Waals surface area contributed by atoms with Crippen LogP contribution in [0, 0.1) is 16.6 Å². The summed E-state index contributed by atoms with van der Waals surface area (Å²) in [5.41, 5.74) is -6.39. The summed E-state index contributed by atoms with van der Waals surface area (Å²) in [4.78, 5) is 70.4. The van der Waals surface area contributed by atoms with Crippen LogP contribution in [0.2, 0.25) is 0 Å². The predicted octanol–water partition coefficient (Wildman–Crippen LogP) is 9.53. The van der Waals surface area contributed by atoms with Crippen molar-refractivity contribution in [2.24, 2.45) is 10.8 Å². The van der Waals surface area contributed by atoms with Crippen LogP contribution in [0.4, 0.5) is 4.39 Å². The second kappa shape index (κ2) is 17.2. The monoisotopic (exact) mass is 888 g/mol. The molecular formula is C49H78FN3O10. The molecule has 0 radical (unpaired) electrons. The maximum absolute atomic E-state index is 17.6. The molecule has 1 saturated carbocycles. The SMILES string of the molecule is CON1C(C)(C)CC(OC(=O)c2cc(C(=O)OC3CC(C)(C)CC(C)(C)C3)c(C(=O)OC3CC(C)(C)N(OC)C(C)(C)C3)c(C(=O)OC3CC(C)(C)NC(C)(C)C3)c2F)CC1(C)C. The number of hydrogen-bond acceptors (Lipinski definition) is 13. The lowest BCUT2D eigenvalue weighted by Crippen LogP contribution is -2.61. The highest BCUT2D eigenvalue weighted by atomic mass is 19.1. The molecule has 0 spiro atoms. The lowest BCUT2D eigenvalue weighted by molar-refractivity contribution is -0.276. The Morgan fingerprint density at radius 1 is 0.492 bits per heavy atom. The molecule has 3 aliphatic heterocycles. The van der Waals surface area contributed by atoms with Crippen molar-refractivity contribution in [3.05, 3.63) is 34.1 Å². The van der Waals surface area contributed by atoms with Crippen LogP contribution in [-0.4, -0.2) is 106 Å². The van der Waals surface area contributed by atoms with E-state index in [0.29, 0.717) is 51.4 Å². The lowest BCUT2D eigenvalue weighted by atomic mass is 9.64. The largest absolute Gasteiger partial charge is 0.459 e. The average molecular weight is 888 g/mol. The van der Waals surface area contributed by atoms with Crippen LogP contribution >= 0.6 is 0 Å². The van der Waals surface area contributed by atoms with Crippen molar-refractivity contribution in [2.75, 3.05) is 14.2 Å². The van der Waals surface area contributed by atoms with Gasteiger partial charge in [-0.25, -0.2) is 23.6 Å². The number of rotatable bonds is 10. The quantitative estimate of drug-likeness (QED) is 0.176. The lowest BCUT2D eigenvalue weighted by Gasteiger charge is -2.52. The molecule has 1 aliphatic carbocycles. The van der Waals surface area contributed by atoms with Crippen LogP contribution in [0.3, 0.4) is 0 Å². The van der Waals surface area contributed by atoms with Crippen molar-refractivity contribution in [3.8, 4) is 0 Å². The van der Waals surface area contributed by atoms with Crippen molar-refractivity contribution in [3.63, 3.8) is 0 Å². The molecule has 14 heteroatoms. The van der Waals surface area contributed by atoms with E-state index < -0.39 is 110 Å². The second-order valence-electron chi connectivity index (χ2n) is 24.4. The zero-order valence-corrected chi connectivity index (χ0v) is 41.6. The van der Waals surface area contributed by atoms with Gasteiger partial charge >= 0.3 is 23.9 Å². The summed E-state index contributed by atoms with van der Waals surface area (Å²) in [6.07, 6.45) is 1.32. The smallest absolute Gasteiger partial charge is 0.342 e. The van der Waals surface area contributed by atoms with E-state index in [0.717, 1.165) is 12.5 Å². The standard InChI is InChI=1S/C49H78FN3O10/c1-42(2)20-29(21-43(3,4)28-42)60-38(54)33-19-34(39(55)61-31-24-46(9,10)52(58-17)47(11,12)25-31)37(50)36(41(57)62-30-22-44(5,6)51-45(7,8)23-30)35(33)40(56)63-32-26-48(13,14)53(59-18)49(15,16)27-32/h19,29-32,51H,20-28H2,1-18H3. The van der Waals surface area contributed by atoms with Crippen LogP contribution in [0.15, 0.2) is 6.07 Å². The normalized spacial score (nSPS) is 25.8. The summed E-state index contributed by atoms with van der Waals surface area (Å²) < 4.78 is 42.3. The zero-order valence-electron chi connectivity index (χ0n) is 41.6. The average Bonchev–Trinajstić information content (AvgIpc) is 3.02. The number of hydrogen-bond donors (Lipinski definition) is 1. The first-order valence-electron chi connectivity index (χ1n) is 22.7.